The van der Waals surface area contributed by atoms with E-state index in [0.29, 0.717) is 18.1 Å². The Bertz CT molecular complexity index is 1270. The van der Waals surface area contributed by atoms with Gasteiger partial charge in [0.1, 0.15) is 14.6 Å². The molecule has 1 saturated carbocycles. The molecule has 1 fully saturated rings. The molecule has 0 bridgehead atoms. The first kappa shape index (κ1) is 22.2. The number of ether oxygens (including phenoxy) is 1. The van der Waals surface area contributed by atoms with E-state index < -0.39 is 5.92 Å². The maximum absolute atomic E-state index is 12.8. The molecule has 5 rings (SSSR count). The normalized spacial score (nSPS) is 26.3. The van der Waals surface area contributed by atoms with E-state index in [-0.39, 0.29) is 51.7 Å². The number of amides is 1. The number of aryl methyl sites for hydroxylation is 1. The van der Waals surface area contributed by atoms with E-state index >= 15 is 0 Å². The summed E-state index contributed by atoms with van der Waals surface area (Å²) in [6.07, 6.45) is 4.47. The average molecular weight is 659 g/mol. The third-order valence-electron chi connectivity index (χ3n) is 6.44. The average Bonchev–Trinajstić information content (AvgIpc) is 3.46. The van der Waals surface area contributed by atoms with Crippen LogP contribution in [0.15, 0.2) is 27.7 Å². The lowest BCUT2D eigenvalue weighted by molar-refractivity contribution is -0.115. The fourth-order valence-corrected chi connectivity index (χ4v) is 13.0. The molecule has 1 aromatic heterocycles. The predicted molar refractivity (Wildman–Crippen MR) is 136 cm³/mol. The Labute approximate surface area is 201 Å². The van der Waals surface area contributed by atoms with Gasteiger partial charge in [0.05, 0.1) is 53.4 Å². The van der Waals surface area contributed by atoms with E-state index in [1.54, 1.807) is 25.3 Å². The number of halogens is 2. The molecule has 1 amide bonds. The summed E-state index contributed by atoms with van der Waals surface area (Å²) >= 11 is -0.556. The van der Waals surface area contributed by atoms with Crippen LogP contribution in [0.1, 0.15) is 36.3 Å². The van der Waals surface area contributed by atoms with Crippen LogP contribution in [0.5, 0.6) is 0 Å². The van der Waals surface area contributed by atoms with Crippen molar-refractivity contribution < 1.29 is 14.6 Å². The van der Waals surface area contributed by atoms with Crippen LogP contribution in [0.4, 0.5) is 5.69 Å². The lowest BCUT2D eigenvalue weighted by Crippen LogP contribution is -2.20. The SMILES string of the molecule is COCC1CC(CCn2cnc3c2=II=NC=3C2C(=O)Nc3ccc(C#N)cc32)CC1O. The number of rotatable bonds is 6. The van der Waals surface area contributed by atoms with Crippen molar-refractivity contribution in [3.05, 3.63) is 44.3 Å². The highest BCUT2D eigenvalue weighted by atomic mass is 128. The van der Waals surface area contributed by atoms with Gasteiger partial charge in [0.25, 0.3) is 0 Å². The van der Waals surface area contributed by atoms with Gasteiger partial charge >= 0.3 is 0 Å². The number of carbonyl (C=O) groups is 1. The zero-order valence-electron chi connectivity index (χ0n) is 17.5. The van der Waals surface area contributed by atoms with Crippen molar-refractivity contribution in [3.63, 3.8) is 0 Å². The molecule has 1 aliphatic carbocycles. The summed E-state index contributed by atoms with van der Waals surface area (Å²) in [5, 5.41) is 23.4. The molecule has 32 heavy (non-hydrogen) atoms. The van der Waals surface area contributed by atoms with Crippen LogP contribution in [0.3, 0.4) is 0 Å². The molecule has 1 aromatic carbocycles. The van der Waals surface area contributed by atoms with Gasteiger partial charge in [-0.15, -0.1) is 0 Å². The summed E-state index contributed by atoms with van der Waals surface area (Å²) in [4.78, 5) is 17.5. The van der Waals surface area contributed by atoms with Crippen molar-refractivity contribution in [3.8, 4) is 6.07 Å². The topological polar surface area (TPSA) is 113 Å². The van der Waals surface area contributed by atoms with Crippen molar-refractivity contribution in [2.45, 2.75) is 37.8 Å². The molecule has 2 aliphatic heterocycles. The largest absolute Gasteiger partial charge is 0.393 e. The number of nitrogens with zero attached hydrogens (tertiary/aromatic N) is 4. The Morgan fingerprint density at radius 2 is 2.28 bits per heavy atom. The second kappa shape index (κ2) is 9.36. The number of imidazole rings is 1. The van der Waals surface area contributed by atoms with E-state index in [2.05, 4.69) is 16.0 Å². The molecule has 4 unspecified atom stereocenters. The van der Waals surface area contributed by atoms with Gasteiger partial charge in [-0.05, 0) is 65.7 Å². The number of fused-ring (bicyclic) bond motifs is 2. The minimum atomic E-state index is -0.496. The second-order valence-electron chi connectivity index (χ2n) is 8.43. The Balaban J connectivity index is 1.42. The fourth-order valence-electron chi connectivity index (χ4n) is 4.84. The number of benzene rings is 1. The molecule has 2 aromatic rings. The number of nitriles is 1. The number of nitrogens with one attached hydrogen (secondary N) is 1. The van der Waals surface area contributed by atoms with Crippen LogP contribution in [0.2, 0.25) is 0 Å². The Morgan fingerprint density at radius 3 is 3.09 bits per heavy atom. The highest BCUT2D eigenvalue weighted by Gasteiger charge is 2.36. The maximum atomic E-state index is 12.8. The van der Waals surface area contributed by atoms with Crippen molar-refractivity contribution in [1.29, 1.82) is 5.26 Å². The summed E-state index contributed by atoms with van der Waals surface area (Å²) in [6, 6.07) is 7.47. The van der Waals surface area contributed by atoms with Crippen molar-refractivity contribution in [2.24, 2.45) is 15.0 Å². The van der Waals surface area contributed by atoms with Gasteiger partial charge in [0.2, 0.25) is 5.91 Å². The van der Waals surface area contributed by atoms with Gasteiger partial charge in [0, 0.05) is 25.3 Å². The van der Waals surface area contributed by atoms with Crippen LogP contribution in [0.25, 0.3) is 5.70 Å². The number of methoxy groups -OCH3 is 1. The summed E-state index contributed by atoms with van der Waals surface area (Å²) in [6.45, 7) is 1.49. The molecule has 168 valence electrons. The van der Waals surface area contributed by atoms with Gasteiger partial charge in [-0.1, -0.05) is 0 Å². The Hall–Kier alpha value is -1.56. The third-order valence-corrected chi connectivity index (χ3v) is 13.9. The van der Waals surface area contributed by atoms with Crippen molar-refractivity contribution in [2.75, 3.05) is 19.0 Å². The number of hydrogen-bond acceptors (Lipinski definition) is 6. The first-order chi connectivity index (χ1) is 15.6. The molecule has 4 atom stereocenters. The standard InChI is InChI=1S/C22H23I2N5O3/c1-32-10-14-6-12(8-17(14)30)4-5-29-11-26-20-19(28-24-23-21(20)29)18-15-7-13(9-25)2-3-16(15)27-22(18)31/h2-3,7,11-12,14,17-18,30H,4-6,8,10H2,1H3,(H,27,31). The van der Waals surface area contributed by atoms with Crippen LogP contribution in [-0.2, 0) is 16.1 Å². The molecule has 10 heteroatoms. The fraction of sp³-hybridized carbons (Fsp3) is 0.455. The molecule has 0 radical (unpaired) electrons. The Kier molecular flexibility index (Phi) is 6.51. The van der Waals surface area contributed by atoms with E-state index in [1.807, 2.05) is 6.33 Å². The summed E-state index contributed by atoms with van der Waals surface area (Å²) in [7, 11) is 1.69. The lowest BCUT2D eigenvalue weighted by Gasteiger charge is -2.12. The van der Waals surface area contributed by atoms with Gasteiger partial charge in [0.15, 0.2) is 0 Å². The third kappa shape index (κ3) is 4.08. The number of carbonyl (C=O) groups excluding carboxylic acids is 1. The van der Waals surface area contributed by atoms with Gasteiger partial charge in [-0.25, -0.2) is 8.13 Å². The van der Waals surface area contributed by atoms with Gasteiger partial charge in [-0.3, -0.25) is 4.79 Å². The molecule has 0 spiro atoms. The number of anilines is 1. The molecule has 3 heterocycles. The smallest absolute Gasteiger partial charge is 0.238 e. The van der Waals surface area contributed by atoms with Crippen LogP contribution in [0, 0.1) is 26.5 Å². The summed E-state index contributed by atoms with van der Waals surface area (Å²) in [5.74, 6) is 0.134. The highest BCUT2D eigenvalue weighted by Crippen LogP contribution is 2.42. The molecular weight excluding hydrogens is 636 g/mol. The molecule has 8 nitrogen and oxygen atoms in total. The van der Waals surface area contributed by atoms with E-state index in [9.17, 15) is 15.2 Å². The van der Waals surface area contributed by atoms with Crippen LogP contribution < -0.4 is 10.7 Å². The number of aliphatic hydroxyl groups excluding tert-OH is 1. The molecular formula is C22H23I2N5O3. The second-order valence-corrected chi connectivity index (χ2v) is 15.9. The number of aromatic nitrogens is 2. The molecule has 2 N–H and O–H groups in total. The maximum Gasteiger partial charge on any atom is 0.238 e. The number of hydrogen-bond donors (Lipinski definition) is 2. The molecule has 0 saturated heterocycles. The summed E-state index contributed by atoms with van der Waals surface area (Å²) in [5.41, 5.74) is 2.88. The van der Waals surface area contributed by atoms with Gasteiger partial charge in [-0.2, -0.15) is 5.26 Å². The highest BCUT2D eigenvalue weighted by molar-refractivity contribution is 15.1. The zero-order valence-corrected chi connectivity index (χ0v) is 21.8. The van der Waals surface area contributed by atoms with Crippen molar-refractivity contribution in [1.82, 2.24) is 9.55 Å². The van der Waals surface area contributed by atoms with E-state index in [1.165, 1.54) is 3.28 Å². The predicted octanol–water partition coefficient (Wildman–Crippen LogP) is 3.33. The van der Waals surface area contributed by atoms with Crippen molar-refractivity contribution >= 4 is 51.1 Å². The summed E-state index contributed by atoms with van der Waals surface area (Å²) < 4.78 is 13.6. The monoisotopic (exact) mass is 659 g/mol. The zero-order chi connectivity index (χ0) is 22.2. The van der Waals surface area contributed by atoms with E-state index in [0.717, 1.165) is 48.1 Å². The van der Waals surface area contributed by atoms with Gasteiger partial charge < -0.3 is 19.7 Å². The van der Waals surface area contributed by atoms with Crippen LogP contribution in [-0.4, -0.2) is 40.4 Å². The quantitative estimate of drug-likeness (QED) is 0.463. The first-order valence-corrected chi connectivity index (χ1v) is 18.9. The minimum Gasteiger partial charge on any atom is -0.393 e. The molecule has 3 aliphatic rings. The van der Waals surface area contributed by atoms with Crippen LogP contribution >= 0.6 is 33.8 Å². The first-order valence-electron chi connectivity index (χ1n) is 10.5. The Morgan fingerprint density at radius 1 is 1.41 bits per heavy atom. The number of aliphatic hydroxyl groups is 1. The lowest BCUT2D eigenvalue weighted by atomic mass is 9.96. The van der Waals surface area contributed by atoms with E-state index in [4.69, 9.17) is 12.9 Å². The minimum absolute atomic E-state index is 0.0948.